The average molecular weight is 1420 g/mol. The van der Waals surface area contributed by atoms with Gasteiger partial charge in [-0.2, -0.15) is 0 Å². The Morgan fingerprint density at radius 3 is 0.732 bits per heavy atom. The van der Waals surface area contributed by atoms with Gasteiger partial charge in [0.1, 0.15) is 19.3 Å². The zero-order valence-electron chi connectivity index (χ0n) is 63.7. The van der Waals surface area contributed by atoms with E-state index in [0.717, 1.165) is 120 Å². The number of phosphoric ester groups is 2. The first-order valence-corrected chi connectivity index (χ1v) is 43.2. The van der Waals surface area contributed by atoms with Crippen molar-refractivity contribution in [3.63, 3.8) is 0 Å². The highest BCUT2D eigenvalue weighted by molar-refractivity contribution is 7.47. The largest absolute Gasteiger partial charge is 0.472 e. The number of hydrogen-bond acceptors (Lipinski definition) is 15. The highest BCUT2D eigenvalue weighted by Crippen LogP contribution is 2.45. The van der Waals surface area contributed by atoms with Gasteiger partial charge in [-0.1, -0.05) is 344 Å². The lowest BCUT2D eigenvalue weighted by molar-refractivity contribution is -0.161. The molecule has 0 saturated carbocycles. The standard InChI is InChI=1S/C78H152O17P2/c1-9-71(8)57-49-41-36-37-43-51-59-76(81)89-65-74(95-78(83)60-52-44-34-28-21-15-11-10-13-18-24-30-38-46-54-68(2)3)67-93-97(86,87)91-63-72(79)62-90-96(84,85)92-66-73(64-88-75(80)58-50-42-33-27-23-17-20-26-32-40-48-56-70(6)7)94-77(82)61-53-45-35-29-22-16-12-14-19-25-31-39-47-55-69(4)5/h68-74,79H,9-67H2,1-8H3,(H,84,85)(H,86,87)/t71?,72-,73-,74-/m1/s1. The van der Waals surface area contributed by atoms with Crippen molar-refractivity contribution in [1.82, 2.24) is 0 Å². The smallest absolute Gasteiger partial charge is 0.462 e. The Balaban J connectivity index is 5.25. The highest BCUT2D eigenvalue weighted by Gasteiger charge is 2.30. The van der Waals surface area contributed by atoms with E-state index in [1.165, 1.54) is 193 Å². The molecule has 0 spiro atoms. The molecule has 0 amide bonds. The van der Waals surface area contributed by atoms with Crippen molar-refractivity contribution >= 4 is 39.5 Å². The summed E-state index contributed by atoms with van der Waals surface area (Å²) >= 11 is 0. The molecule has 0 saturated heterocycles. The van der Waals surface area contributed by atoms with E-state index in [1.54, 1.807) is 0 Å². The Bertz CT molecular complexity index is 1900. The lowest BCUT2D eigenvalue weighted by atomic mass is 10.00. The molecule has 0 rings (SSSR count). The van der Waals surface area contributed by atoms with Crippen molar-refractivity contribution < 1.29 is 80.2 Å². The first-order chi connectivity index (χ1) is 46.6. The predicted octanol–water partition coefficient (Wildman–Crippen LogP) is 22.8. The molecule has 0 aromatic rings. The summed E-state index contributed by atoms with van der Waals surface area (Å²) in [5, 5.41) is 10.6. The van der Waals surface area contributed by atoms with E-state index in [9.17, 15) is 43.2 Å². The second-order valence-corrected chi connectivity index (χ2v) is 32.7. The number of aliphatic hydroxyl groups excluding tert-OH is 1. The molecule has 97 heavy (non-hydrogen) atoms. The molecule has 0 heterocycles. The molecule has 0 aromatic carbocycles. The third-order valence-corrected chi connectivity index (χ3v) is 20.3. The first kappa shape index (κ1) is 95.1. The van der Waals surface area contributed by atoms with Gasteiger partial charge in [-0.05, 0) is 49.4 Å². The summed E-state index contributed by atoms with van der Waals surface area (Å²) in [6.45, 7) is 14.2. The van der Waals surface area contributed by atoms with Crippen molar-refractivity contribution in [2.45, 2.75) is 414 Å². The minimum absolute atomic E-state index is 0.106. The van der Waals surface area contributed by atoms with Gasteiger partial charge < -0.3 is 33.8 Å². The van der Waals surface area contributed by atoms with Crippen LogP contribution < -0.4 is 0 Å². The van der Waals surface area contributed by atoms with E-state index < -0.39 is 97.5 Å². The molecule has 19 heteroatoms. The van der Waals surface area contributed by atoms with Gasteiger partial charge in [0, 0.05) is 25.7 Å². The number of carbonyl (C=O) groups excluding carboxylic acids is 4. The fourth-order valence-corrected chi connectivity index (χ4v) is 13.5. The Morgan fingerprint density at radius 1 is 0.289 bits per heavy atom. The molecule has 0 radical (unpaired) electrons. The fourth-order valence-electron chi connectivity index (χ4n) is 11.9. The third kappa shape index (κ3) is 70.9. The summed E-state index contributed by atoms with van der Waals surface area (Å²) in [5.41, 5.74) is 0. The van der Waals surface area contributed by atoms with Crippen LogP contribution in [0.15, 0.2) is 0 Å². The molecular formula is C78H152O17P2. The zero-order valence-corrected chi connectivity index (χ0v) is 65.5. The molecule has 0 bridgehead atoms. The van der Waals surface area contributed by atoms with Crippen molar-refractivity contribution in [1.29, 1.82) is 0 Å². The number of hydrogen-bond donors (Lipinski definition) is 3. The Morgan fingerprint density at radius 2 is 0.495 bits per heavy atom. The van der Waals surface area contributed by atoms with Crippen LogP contribution in [0.25, 0.3) is 0 Å². The minimum atomic E-state index is -4.96. The molecule has 3 N–H and O–H groups in total. The van der Waals surface area contributed by atoms with Crippen LogP contribution >= 0.6 is 15.6 Å². The molecular weight excluding hydrogens is 1270 g/mol. The van der Waals surface area contributed by atoms with Gasteiger partial charge in [0.05, 0.1) is 26.4 Å². The number of rotatable bonds is 75. The normalized spacial score (nSPS) is 14.4. The predicted molar refractivity (Wildman–Crippen MR) is 395 cm³/mol. The van der Waals surface area contributed by atoms with Crippen LogP contribution in [-0.4, -0.2) is 96.7 Å². The lowest BCUT2D eigenvalue weighted by Gasteiger charge is -2.21. The van der Waals surface area contributed by atoms with Gasteiger partial charge in [-0.15, -0.1) is 0 Å². The van der Waals surface area contributed by atoms with Crippen LogP contribution in [-0.2, 0) is 65.4 Å². The zero-order chi connectivity index (χ0) is 71.7. The van der Waals surface area contributed by atoms with Crippen LogP contribution in [0.3, 0.4) is 0 Å². The second kappa shape index (κ2) is 67.2. The Hall–Kier alpha value is -1.94. The topological polar surface area (TPSA) is 237 Å². The SMILES string of the molecule is CCC(C)CCCCCCCCC(=O)OC[C@H](COP(=O)(O)OC[C@H](O)COP(=O)(O)OC[C@@H](COC(=O)CCCCCCCCCCCCCC(C)C)OC(=O)CCCCCCCCCCCCCCCC(C)C)OC(=O)CCCCCCCCCCCCCCCCC(C)C. The number of esters is 4. The first-order valence-electron chi connectivity index (χ1n) is 40.2. The number of phosphoric acid groups is 2. The van der Waals surface area contributed by atoms with Gasteiger partial charge in [0.25, 0.3) is 0 Å². The summed E-state index contributed by atoms with van der Waals surface area (Å²) in [4.78, 5) is 72.9. The van der Waals surface area contributed by atoms with Gasteiger partial charge in [0.2, 0.25) is 0 Å². The van der Waals surface area contributed by atoms with Crippen molar-refractivity contribution in [2.24, 2.45) is 23.7 Å². The van der Waals surface area contributed by atoms with Crippen LogP contribution in [0.4, 0.5) is 0 Å². The molecule has 0 aliphatic carbocycles. The molecule has 3 unspecified atom stereocenters. The molecule has 0 aliphatic heterocycles. The molecule has 17 nitrogen and oxygen atoms in total. The number of ether oxygens (including phenoxy) is 4. The van der Waals surface area contributed by atoms with E-state index >= 15 is 0 Å². The van der Waals surface area contributed by atoms with Crippen molar-refractivity contribution in [3.8, 4) is 0 Å². The van der Waals surface area contributed by atoms with Crippen LogP contribution in [0.2, 0.25) is 0 Å². The summed E-state index contributed by atoms with van der Waals surface area (Å²) in [7, 11) is -9.92. The maximum atomic E-state index is 13.1. The molecule has 0 fully saturated rings. The Labute approximate surface area is 594 Å². The average Bonchev–Trinajstić information content (AvgIpc) is 1.16. The molecule has 6 atom stereocenters. The number of unbranched alkanes of at least 4 members (excludes halogenated alkanes) is 40. The monoisotopic (exact) mass is 1420 g/mol. The molecule has 576 valence electrons. The maximum absolute atomic E-state index is 13.1. The van der Waals surface area contributed by atoms with Gasteiger partial charge in [-0.3, -0.25) is 37.3 Å². The number of carbonyl (C=O) groups is 4. The van der Waals surface area contributed by atoms with E-state index in [0.29, 0.717) is 25.7 Å². The lowest BCUT2D eigenvalue weighted by Crippen LogP contribution is -2.30. The second-order valence-electron chi connectivity index (χ2n) is 29.8. The minimum Gasteiger partial charge on any atom is -0.462 e. The van der Waals surface area contributed by atoms with Crippen LogP contribution in [0.5, 0.6) is 0 Å². The van der Waals surface area contributed by atoms with E-state index in [-0.39, 0.29) is 25.7 Å². The van der Waals surface area contributed by atoms with Gasteiger partial charge in [0.15, 0.2) is 12.2 Å². The van der Waals surface area contributed by atoms with Crippen molar-refractivity contribution in [2.75, 3.05) is 39.6 Å². The van der Waals surface area contributed by atoms with Gasteiger partial charge in [-0.25, -0.2) is 9.13 Å². The van der Waals surface area contributed by atoms with E-state index in [2.05, 4.69) is 55.4 Å². The maximum Gasteiger partial charge on any atom is 0.472 e. The van der Waals surface area contributed by atoms with E-state index in [1.807, 2.05) is 0 Å². The van der Waals surface area contributed by atoms with Crippen LogP contribution in [0.1, 0.15) is 396 Å². The third-order valence-electron chi connectivity index (χ3n) is 18.4. The molecule has 0 aliphatic rings. The summed E-state index contributed by atoms with van der Waals surface area (Å²) in [6.07, 6.45) is 52.7. The van der Waals surface area contributed by atoms with E-state index in [4.69, 9.17) is 37.0 Å². The quantitative estimate of drug-likeness (QED) is 0.0222. The highest BCUT2D eigenvalue weighted by atomic mass is 31.2. The summed E-state index contributed by atoms with van der Waals surface area (Å²) in [5.74, 6) is 0.965. The summed E-state index contributed by atoms with van der Waals surface area (Å²) in [6, 6.07) is 0. The molecule has 0 aromatic heterocycles. The van der Waals surface area contributed by atoms with Crippen molar-refractivity contribution in [3.05, 3.63) is 0 Å². The van der Waals surface area contributed by atoms with Crippen LogP contribution in [0, 0.1) is 23.7 Å². The number of aliphatic hydroxyl groups is 1. The van der Waals surface area contributed by atoms with Gasteiger partial charge >= 0.3 is 39.5 Å². The fraction of sp³-hybridized carbons (Fsp3) is 0.949. The summed E-state index contributed by atoms with van der Waals surface area (Å²) < 4.78 is 68.6. The Kier molecular flexibility index (Phi) is 65.9.